The Kier molecular flexibility index (Phi) is 9.43. The number of fused-ring (bicyclic) bond motifs is 1. The molecule has 1 aromatic heterocycles. The highest BCUT2D eigenvalue weighted by molar-refractivity contribution is 9.10. The van der Waals surface area contributed by atoms with E-state index in [1.54, 1.807) is 30.5 Å². The monoisotopic (exact) mass is 594 g/mol. The maximum absolute atomic E-state index is 13.3. The molecule has 0 fully saturated rings. The lowest BCUT2D eigenvalue weighted by Crippen LogP contribution is -2.22. The van der Waals surface area contributed by atoms with Crippen molar-refractivity contribution in [3.8, 4) is 11.5 Å². The molecule has 0 unspecified atom stereocenters. The molecule has 3 aromatic carbocycles. The van der Waals surface area contributed by atoms with Crippen LogP contribution in [-0.4, -0.2) is 35.0 Å². The number of hydrogen-bond donors (Lipinski definition) is 1. The number of ether oxygens (including phenoxy) is 2. The summed E-state index contributed by atoms with van der Waals surface area (Å²) in [5, 5.41) is 7.60. The highest BCUT2D eigenvalue weighted by atomic mass is 79.9. The van der Waals surface area contributed by atoms with E-state index in [-0.39, 0.29) is 18.0 Å². The first-order chi connectivity index (χ1) is 18.9. The number of carbonyl (C=O) groups is 1. The lowest BCUT2D eigenvalue weighted by Gasteiger charge is -2.13. The van der Waals surface area contributed by atoms with Crippen LogP contribution in [0.15, 0.2) is 75.0 Å². The van der Waals surface area contributed by atoms with Crippen LogP contribution >= 0.6 is 15.9 Å². The summed E-state index contributed by atoms with van der Waals surface area (Å²) in [5.74, 6) is 0.604. The fourth-order valence-corrected chi connectivity index (χ4v) is 4.16. The zero-order valence-electron chi connectivity index (χ0n) is 21.6. The summed E-state index contributed by atoms with van der Waals surface area (Å²) < 4.78 is 26.6. The average Bonchev–Trinajstić information content (AvgIpc) is 2.93. The van der Waals surface area contributed by atoms with Gasteiger partial charge >= 0.3 is 0 Å². The van der Waals surface area contributed by atoms with E-state index in [2.05, 4.69) is 33.3 Å². The zero-order chi connectivity index (χ0) is 27.8. The molecule has 0 saturated heterocycles. The first-order valence-corrected chi connectivity index (χ1v) is 13.4. The third-order valence-electron chi connectivity index (χ3n) is 5.71. The Hall–Kier alpha value is -4.05. The Labute approximate surface area is 233 Å². The highest BCUT2D eigenvalue weighted by Gasteiger charge is 2.12. The Morgan fingerprint density at radius 1 is 1.08 bits per heavy atom. The molecule has 0 aliphatic carbocycles. The average molecular weight is 595 g/mol. The number of halogens is 2. The van der Waals surface area contributed by atoms with Crippen LogP contribution in [0.5, 0.6) is 11.5 Å². The topological polar surface area (TPSA) is 94.8 Å². The van der Waals surface area contributed by atoms with Gasteiger partial charge in [0, 0.05) is 16.6 Å². The van der Waals surface area contributed by atoms with Gasteiger partial charge in [-0.25, -0.2) is 9.37 Å². The first kappa shape index (κ1) is 28.0. The third kappa shape index (κ3) is 7.29. The number of hydrogen-bond acceptors (Lipinski definition) is 6. The fraction of sp³-hybridized carbons (Fsp3) is 0.241. The van der Waals surface area contributed by atoms with Gasteiger partial charge in [-0.2, -0.15) is 9.78 Å². The molecule has 202 valence electrons. The Bertz CT molecular complexity index is 1550. The predicted octanol–water partition coefficient (Wildman–Crippen LogP) is 5.94. The van der Waals surface area contributed by atoms with Crippen LogP contribution in [0, 0.1) is 5.82 Å². The van der Waals surface area contributed by atoms with Crippen molar-refractivity contribution in [3.63, 3.8) is 0 Å². The number of aryl methyl sites for hydroxylation is 1. The van der Waals surface area contributed by atoms with Gasteiger partial charge in [0.15, 0.2) is 18.1 Å². The summed E-state index contributed by atoms with van der Waals surface area (Å²) in [6, 6.07) is 16.0. The molecule has 4 rings (SSSR count). The van der Waals surface area contributed by atoms with Crippen molar-refractivity contribution in [1.82, 2.24) is 9.66 Å². The van der Waals surface area contributed by atoms with E-state index in [4.69, 9.17) is 14.5 Å². The van der Waals surface area contributed by atoms with Gasteiger partial charge in [0.2, 0.25) is 0 Å². The van der Waals surface area contributed by atoms with Crippen molar-refractivity contribution in [1.29, 1.82) is 0 Å². The summed E-state index contributed by atoms with van der Waals surface area (Å²) >= 11 is 3.42. The molecule has 0 radical (unpaired) electrons. The number of nitrogens with zero attached hydrogens (tertiary/aromatic N) is 3. The van der Waals surface area contributed by atoms with Gasteiger partial charge < -0.3 is 14.8 Å². The third-order valence-corrected chi connectivity index (χ3v) is 6.20. The standard InChI is InChI=1S/C29H28BrFN4O4/c1-3-5-6-27-34-24-13-8-20(30)16-23(24)29(37)35(27)32-17-19-7-14-25(26(15-19)38-4-2)39-18-28(36)33-22-11-9-21(31)10-12-22/h7-17H,3-6,18H2,1-2H3,(H,33,36). The molecule has 1 amide bonds. The van der Waals surface area contributed by atoms with Crippen LogP contribution in [0.3, 0.4) is 0 Å². The van der Waals surface area contributed by atoms with E-state index in [9.17, 15) is 14.0 Å². The molecule has 0 aliphatic rings. The minimum atomic E-state index is -0.399. The van der Waals surface area contributed by atoms with Crippen LogP contribution in [0.2, 0.25) is 0 Å². The van der Waals surface area contributed by atoms with Gasteiger partial charge in [0.25, 0.3) is 11.5 Å². The van der Waals surface area contributed by atoms with Crippen molar-refractivity contribution in [2.24, 2.45) is 5.10 Å². The summed E-state index contributed by atoms with van der Waals surface area (Å²) in [4.78, 5) is 30.3. The predicted molar refractivity (Wildman–Crippen MR) is 153 cm³/mol. The second-order valence-electron chi connectivity index (χ2n) is 8.64. The molecule has 1 heterocycles. The smallest absolute Gasteiger partial charge is 0.282 e. The van der Waals surface area contributed by atoms with Crippen LogP contribution in [0.4, 0.5) is 10.1 Å². The van der Waals surface area contributed by atoms with Gasteiger partial charge in [0.1, 0.15) is 11.6 Å². The molecular weight excluding hydrogens is 567 g/mol. The number of aromatic nitrogens is 2. The van der Waals surface area contributed by atoms with Crippen molar-refractivity contribution in [2.45, 2.75) is 33.1 Å². The zero-order valence-corrected chi connectivity index (χ0v) is 23.2. The van der Waals surface area contributed by atoms with Crippen LogP contribution in [0.25, 0.3) is 10.9 Å². The molecule has 8 nitrogen and oxygen atoms in total. The van der Waals surface area contributed by atoms with Crippen molar-refractivity contribution in [3.05, 3.63) is 92.7 Å². The van der Waals surface area contributed by atoms with E-state index in [0.717, 1.165) is 17.3 Å². The van der Waals surface area contributed by atoms with Crippen molar-refractivity contribution in [2.75, 3.05) is 18.5 Å². The Balaban J connectivity index is 1.55. The number of benzene rings is 3. The van der Waals surface area contributed by atoms with Gasteiger partial charge in [-0.3, -0.25) is 9.59 Å². The van der Waals surface area contributed by atoms with Gasteiger partial charge in [-0.1, -0.05) is 29.3 Å². The minimum absolute atomic E-state index is 0.249. The second-order valence-corrected chi connectivity index (χ2v) is 9.55. The van der Waals surface area contributed by atoms with E-state index in [1.165, 1.54) is 28.9 Å². The second kappa shape index (κ2) is 13.1. The highest BCUT2D eigenvalue weighted by Crippen LogP contribution is 2.28. The molecule has 0 atom stereocenters. The maximum Gasteiger partial charge on any atom is 0.282 e. The molecule has 4 aromatic rings. The van der Waals surface area contributed by atoms with E-state index < -0.39 is 5.91 Å². The van der Waals surface area contributed by atoms with Crippen LogP contribution in [-0.2, 0) is 11.2 Å². The molecule has 0 bridgehead atoms. The fourth-order valence-electron chi connectivity index (χ4n) is 3.80. The Morgan fingerprint density at radius 3 is 2.62 bits per heavy atom. The number of anilines is 1. The molecular formula is C29H28BrFN4O4. The molecule has 10 heteroatoms. The molecule has 0 spiro atoms. The van der Waals surface area contributed by atoms with E-state index >= 15 is 0 Å². The van der Waals surface area contributed by atoms with E-state index in [0.29, 0.717) is 52.5 Å². The maximum atomic E-state index is 13.3. The van der Waals surface area contributed by atoms with Crippen molar-refractivity contribution < 1.29 is 18.7 Å². The lowest BCUT2D eigenvalue weighted by atomic mass is 10.2. The Morgan fingerprint density at radius 2 is 1.87 bits per heavy atom. The number of rotatable bonds is 11. The summed E-state index contributed by atoms with van der Waals surface area (Å²) in [6.07, 6.45) is 4.01. The number of unbranched alkanes of at least 4 members (excludes halogenated alkanes) is 1. The molecule has 0 aliphatic heterocycles. The quantitative estimate of drug-likeness (QED) is 0.217. The number of carbonyl (C=O) groups excluding carboxylic acids is 1. The normalized spacial score (nSPS) is 11.2. The summed E-state index contributed by atoms with van der Waals surface area (Å²) in [5.41, 5.74) is 1.51. The summed E-state index contributed by atoms with van der Waals surface area (Å²) in [7, 11) is 0. The minimum Gasteiger partial charge on any atom is -0.490 e. The van der Waals surface area contributed by atoms with E-state index in [1.807, 2.05) is 19.1 Å². The molecule has 0 saturated carbocycles. The largest absolute Gasteiger partial charge is 0.490 e. The summed E-state index contributed by atoms with van der Waals surface area (Å²) in [6.45, 7) is 4.03. The first-order valence-electron chi connectivity index (χ1n) is 12.6. The van der Waals surface area contributed by atoms with Gasteiger partial charge in [-0.05, 0) is 79.6 Å². The van der Waals surface area contributed by atoms with Crippen molar-refractivity contribution >= 4 is 44.6 Å². The SMILES string of the molecule is CCCCc1nc2ccc(Br)cc2c(=O)n1N=Cc1ccc(OCC(=O)Nc2ccc(F)cc2)c(OCC)c1. The molecule has 1 N–H and O–H groups in total. The number of amides is 1. The van der Waals surface area contributed by atoms with Crippen LogP contribution < -0.4 is 20.3 Å². The molecule has 39 heavy (non-hydrogen) atoms. The number of nitrogens with one attached hydrogen (secondary N) is 1. The van der Waals surface area contributed by atoms with Crippen LogP contribution in [0.1, 0.15) is 38.1 Å². The van der Waals surface area contributed by atoms with Gasteiger partial charge in [-0.15, -0.1) is 0 Å². The lowest BCUT2D eigenvalue weighted by molar-refractivity contribution is -0.118. The van der Waals surface area contributed by atoms with Gasteiger partial charge in [0.05, 0.1) is 23.7 Å².